The van der Waals surface area contributed by atoms with E-state index in [0.29, 0.717) is 17.0 Å². The van der Waals surface area contributed by atoms with Crippen molar-refractivity contribution >= 4 is 22.8 Å². The van der Waals surface area contributed by atoms with E-state index < -0.39 is 12.8 Å². The molecule has 0 amide bonds. The molecule has 110 valence electrons. The lowest BCUT2D eigenvalue weighted by Gasteiger charge is -2.11. The first-order valence-corrected chi connectivity index (χ1v) is 6.42. The van der Waals surface area contributed by atoms with Crippen molar-refractivity contribution in [2.24, 2.45) is 0 Å². The van der Waals surface area contributed by atoms with Crippen LogP contribution >= 0.6 is 11.6 Å². The van der Waals surface area contributed by atoms with Crippen molar-refractivity contribution in [1.82, 2.24) is 14.5 Å². The summed E-state index contributed by atoms with van der Waals surface area (Å²) >= 11 is 6.03. The molecule has 0 spiro atoms. The van der Waals surface area contributed by atoms with E-state index >= 15 is 0 Å². The van der Waals surface area contributed by atoms with Crippen molar-refractivity contribution in [1.29, 1.82) is 0 Å². The highest BCUT2D eigenvalue weighted by Gasteiger charge is 2.27. The maximum atomic E-state index is 12.0. The van der Waals surface area contributed by atoms with Crippen LogP contribution in [0.2, 0.25) is 0 Å². The van der Waals surface area contributed by atoms with Crippen LogP contribution in [-0.2, 0) is 11.3 Å². The Kier molecular flexibility index (Phi) is 4.49. The molecular weight excluding hydrogens is 295 g/mol. The second-order valence-electron chi connectivity index (χ2n) is 4.25. The van der Waals surface area contributed by atoms with E-state index in [-0.39, 0.29) is 18.5 Å². The summed E-state index contributed by atoms with van der Waals surface area (Å²) in [4.78, 5) is 8.51. The molecular formula is C12H13ClF3N3O. The van der Waals surface area contributed by atoms with Crippen LogP contribution in [0.4, 0.5) is 13.2 Å². The molecule has 0 fully saturated rings. The molecule has 0 saturated heterocycles. The van der Waals surface area contributed by atoms with Gasteiger partial charge in [0.25, 0.3) is 0 Å². The zero-order chi connectivity index (χ0) is 14.8. The topological polar surface area (TPSA) is 39.9 Å². The summed E-state index contributed by atoms with van der Waals surface area (Å²) in [6, 6.07) is 3.51. The minimum absolute atomic E-state index is 0.0852. The number of hydrogen-bond donors (Lipinski definition) is 0. The molecule has 2 rings (SSSR count). The number of nitrogens with zero attached hydrogens (tertiary/aromatic N) is 3. The summed E-state index contributed by atoms with van der Waals surface area (Å²) in [5.41, 5.74) is 1.25. The third-order valence-corrected chi connectivity index (χ3v) is 2.81. The Hall–Kier alpha value is -1.34. The molecule has 0 aliphatic heterocycles. The van der Waals surface area contributed by atoms with Crippen molar-refractivity contribution in [3.63, 3.8) is 0 Å². The van der Waals surface area contributed by atoms with Crippen molar-refractivity contribution in [2.75, 3.05) is 13.2 Å². The van der Waals surface area contributed by atoms with E-state index in [1.807, 2.05) is 0 Å². The minimum atomic E-state index is -4.32. The number of aromatic nitrogens is 3. The summed E-state index contributed by atoms with van der Waals surface area (Å²) in [6.45, 7) is 0.614. The molecule has 0 N–H and O–H groups in total. The molecule has 1 atom stereocenters. The first-order chi connectivity index (χ1) is 9.38. The fraction of sp³-hybridized carbons (Fsp3) is 0.500. The van der Waals surface area contributed by atoms with Gasteiger partial charge < -0.3 is 9.30 Å². The fourth-order valence-corrected chi connectivity index (χ4v) is 2.01. The van der Waals surface area contributed by atoms with Crippen LogP contribution in [0.5, 0.6) is 0 Å². The van der Waals surface area contributed by atoms with Crippen LogP contribution in [0.3, 0.4) is 0 Å². The molecule has 8 heteroatoms. The van der Waals surface area contributed by atoms with E-state index in [1.54, 1.807) is 29.8 Å². The second kappa shape index (κ2) is 5.97. The number of fused-ring (bicyclic) bond motifs is 1. The van der Waals surface area contributed by atoms with Gasteiger partial charge in [-0.15, -0.1) is 11.6 Å². The Morgan fingerprint density at radius 3 is 2.85 bits per heavy atom. The summed E-state index contributed by atoms with van der Waals surface area (Å²) < 4.78 is 42.3. The van der Waals surface area contributed by atoms with Crippen LogP contribution in [-0.4, -0.2) is 33.9 Å². The van der Waals surface area contributed by atoms with Gasteiger partial charge in [0.05, 0.1) is 12.0 Å². The number of hydrogen-bond acceptors (Lipinski definition) is 3. The third-order valence-electron chi connectivity index (χ3n) is 2.61. The Bertz CT molecular complexity index is 583. The molecule has 0 aromatic carbocycles. The SMILES string of the molecule is CC(Cl)c1nc2cccnc2n1CCOCC(F)(F)F. The smallest absolute Gasteiger partial charge is 0.370 e. The van der Waals surface area contributed by atoms with Crippen LogP contribution in [0, 0.1) is 0 Å². The van der Waals surface area contributed by atoms with E-state index in [9.17, 15) is 13.2 Å². The predicted octanol–water partition coefficient (Wildman–Crippen LogP) is 3.31. The van der Waals surface area contributed by atoms with Gasteiger partial charge in [0, 0.05) is 12.7 Å². The lowest BCUT2D eigenvalue weighted by atomic mass is 10.4. The first-order valence-electron chi connectivity index (χ1n) is 5.98. The Morgan fingerprint density at radius 2 is 2.20 bits per heavy atom. The first kappa shape index (κ1) is 15.1. The summed E-state index contributed by atoms with van der Waals surface area (Å²) in [7, 11) is 0. The number of imidazole rings is 1. The molecule has 0 aliphatic carbocycles. The largest absolute Gasteiger partial charge is 0.411 e. The van der Waals surface area contributed by atoms with Gasteiger partial charge in [0.2, 0.25) is 0 Å². The quantitative estimate of drug-likeness (QED) is 0.628. The summed E-state index contributed by atoms with van der Waals surface area (Å²) in [6.07, 6.45) is -2.72. The van der Waals surface area contributed by atoms with E-state index in [4.69, 9.17) is 11.6 Å². The highest BCUT2D eigenvalue weighted by atomic mass is 35.5. The Balaban J connectivity index is 2.13. The molecule has 0 bridgehead atoms. The van der Waals surface area contributed by atoms with Gasteiger partial charge in [-0.3, -0.25) is 0 Å². The third kappa shape index (κ3) is 3.61. The van der Waals surface area contributed by atoms with Crippen LogP contribution in [0.1, 0.15) is 18.1 Å². The molecule has 2 aromatic rings. The molecule has 20 heavy (non-hydrogen) atoms. The molecule has 1 unspecified atom stereocenters. The summed E-state index contributed by atoms with van der Waals surface area (Å²) in [5.74, 6) is 0.566. The Morgan fingerprint density at radius 1 is 1.45 bits per heavy atom. The van der Waals surface area contributed by atoms with Gasteiger partial charge in [0.1, 0.15) is 17.9 Å². The van der Waals surface area contributed by atoms with Crippen LogP contribution in [0.25, 0.3) is 11.2 Å². The molecule has 4 nitrogen and oxygen atoms in total. The lowest BCUT2D eigenvalue weighted by molar-refractivity contribution is -0.174. The number of pyridine rings is 1. The highest BCUT2D eigenvalue weighted by molar-refractivity contribution is 6.20. The normalized spacial score (nSPS) is 13.8. The summed E-state index contributed by atoms with van der Waals surface area (Å²) in [5, 5.41) is -0.369. The fourth-order valence-electron chi connectivity index (χ4n) is 1.84. The van der Waals surface area contributed by atoms with Crippen molar-refractivity contribution in [3.8, 4) is 0 Å². The maximum Gasteiger partial charge on any atom is 0.411 e. The van der Waals surface area contributed by atoms with Gasteiger partial charge in [-0.05, 0) is 19.1 Å². The average molecular weight is 308 g/mol. The highest BCUT2D eigenvalue weighted by Crippen LogP contribution is 2.23. The maximum absolute atomic E-state index is 12.0. The zero-order valence-electron chi connectivity index (χ0n) is 10.7. The standard InChI is InChI=1S/C12H13ClF3N3O/c1-8(13)10-18-9-3-2-4-17-11(9)19(10)5-6-20-7-12(14,15)16/h2-4,8H,5-7H2,1H3. The van der Waals surface area contributed by atoms with Gasteiger partial charge >= 0.3 is 6.18 Å². The molecule has 0 aliphatic rings. The van der Waals surface area contributed by atoms with Crippen molar-refractivity contribution < 1.29 is 17.9 Å². The van der Waals surface area contributed by atoms with Crippen LogP contribution < -0.4 is 0 Å². The van der Waals surface area contributed by atoms with Gasteiger partial charge in [-0.25, -0.2) is 9.97 Å². The minimum Gasteiger partial charge on any atom is -0.370 e. The average Bonchev–Trinajstić information content (AvgIpc) is 2.72. The van der Waals surface area contributed by atoms with Crippen LogP contribution in [0.15, 0.2) is 18.3 Å². The van der Waals surface area contributed by atoms with Crippen molar-refractivity contribution in [2.45, 2.75) is 25.0 Å². The number of alkyl halides is 4. The zero-order valence-corrected chi connectivity index (χ0v) is 11.4. The molecule has 2 heterocycles. The van der Waals surface area contributed by atoms with Crippen molar-refractivity contribution in [3.05, 3.63) is 24.2 Å². The van der Waals surface area contributed by atoms with E-state index in [0.717, 1.165) is 0 Å². The predicted molar refractivity (Wildman–Crippen MR) is 68.7 cm³/mol. The number of rotatable bonds is 5. The van der Waals surface area contributed by atoms with E-state index in [2.05, 4.69) is 14.7 Å². The molecule has 0 saturated carbocycles. The molecule has 2 aromatic heterocycles. The lowest BCUT2D eigenvalue weighted by Crippen LogP contribution is -2.19. The monoisotopic (exact) mass is 307 g/mol. The molecule has 0 radical (unpaired) electrons. The Labute approximate surface area is 118 Å². The number of halogens is 4. The van der Waals surface area contributed by atoms with Gasteiger partial charge in [0.15, 0.2) is 5.65 Å². The van der Waals surface area contributed by atoms with Gasteiger partial charge in [-0.1, -0.05) is 0 Å². The number of ether oxygens (including phenoxy) is 1. The van der Waals surface area contributed by atoms with E-state index in [1.165, 1.54) is 0 Å². The van der Waals surface area contributed by atoms with Gasteiger partial charge in [-0.2, -0.15) is 13.2 Å². The second-order valence-corrected chi connectivity index (χ2v) is 4.91.